The van der Waals surface area contributed by atoms with E-state index in [0.717, 1.165) is 0 Å². The number of ether oxygens (including phenoxy) is 1. The minimum absolute atomic E-state index is 0.146. The first-order valence-electron chi connectivity index (χ1n) is 5.93. The molecule has 0 aliphatic heterocycles. The van der Waals surface area contributed by atoms with Crippen molar-refractivity contribution in [2.45, 2.75) is 6.18 Å². The molecule has 5 nitrogen and oxygen atoms in total. The van der Waals surface area contributed by atoms with Gasteiger partial charge in [-0.3, -0.25) is 4.79 Å². The van der Waals surface area contributed by atoms with Crippen LogP contribution in [0.15, 0.2) is 35.1 Å². The zero-order chi connectivity index (χ0) is 16.5. The zero-order valence-electron chi connectivity index (χ0n) is 11.3. The number of nitrogens with two attached hydrogens (primary N) is 1. The van der Waals surface area contributed by atoms with Crippen LogP contribution in [0.4, 0.5) is 18.9 Å². The fourth-order valence-corrected chi connectivity index (χ4v) is 1.92. The van der Waals surface area contributed by atoms with E-state index in [1.165, 1.54) is 31.4 Å². The van der Waals surface area contributed by atoms with E-state index in [1.807, 2.05) is 0 Å². The molecule has 0 saturated carbocycles. The molecule has 0 saturated heterocycles. The molecule has 22 heavy (non-hydrogen) atoms. The summed E-state index contributed by atoms with van der Waals surface area (Å²) in [5.41, 5.74) is -3.40. The number of rotatable bonds is 2. The standard InChI is InChI=1S/C14H10F3N3O2/c1-19-12-10(14(15,16)17)7-11(20(18)13(12)21)8-3-5-9(22-2)6-4-8/h3-7H,18H2,2H3. The van der Waals surface area contributed by atoms with E-state index in [4.69, 9.17) is 17.2 Å². The first-order chi connectivity index (χ1) is 10.3. The summed E-state index contributed by atoms with van der Waals surface area (Å²) in [5, 5.41) is 0. The number of nitrogen functional groups attached to an aromatic ring is 1. The summed E-state index contributed by atoms with van der Waals surface area (Å²) in [4.78, 5) is 14.5. The smallest absolute Gasteiger partial charge is 0.407 e. The van der Waals surface area contributed by atoms with Gasteiger partial charge in [-0.2, -0.15) is 13.2 Å². The van der Waals surface area contributed by atoms with Crippen molar-refractivity contribution < 1.29 is 17.9 Å². The molecule has 114 valence electrons. The second-order valence-corrected chi connectivity index (χ2v) is 4.31. The van der Waals surface area contributed by atoms with Gasteiger partial charge in [0.25, 0.3) is 11.2 Å². The van der Waals surface area contributed by atoms with Crippen molar-refractivity contribution in [1.29, 1.82) is 0 Å². The summed E-state index contributed by atoms with van der Waals surface area (Å²) >= 11 is 0. The molecule has 0 amide bonds. The maximum atomic E-state index is 13.0. The molecule has 0 spiro atoms. The maximum Gasteiger partial charge on any atom is 0.407 e. The van der Waals surface area contributed by atoms with Crippen LogP contribution in [0.3, 0.4) is 0 Å². The number of aromatic nitrogens is 1. The van der Waals surface area contributed by atoms with Gasteiger partial charge in [-0.05, 0) is 30.3 Å². The van der Waals surface area contributed by atoms with Gasteiger partial charge >= 0.3 is 6.18 Å². The van der Waals surface area contributed by atoms with Crippen LogP contribution in [0.5, 0.6) is 5.75 Å². The van der Waals surface area contributed by atoms with E-state index in [1.54, 1.807) is 0 Å². The molecule has 0 radical (unpaired) electrons. The fraction of sp³-hybridized carbons (Fsp3) is 0.143. The molecule has 0 aliphatic rings. The summed E-state index contributed by atoms with van der Waals surface area (Å²) in [6, 6.07) is 6.67. The lowest BCUT2D eigenvalue weighted by Gasteiger charge is -2.14. The van der Waals surface area contributed by atoms with E-state index in [2.05, 4.69) is 4.85 Å². The molecular weight excluding hydrogens is 299 g/mol. The monoisotopic (exact) mass is 309 g/mol. The molecule has 0 fully saturated rings. The highest BCUT2D eigenvalue weighted by atomic mass is 19.4. The normalized spacial score (nSPS) is 11.0. The van der Waals surface area contributed by atoms with Crippen LogP contribution in [-0.4, -0.2) is 11.8 Å². The van der Waals surface area contributed by atoms with Gasteiger partial charge in [-0.25, -0.2) is 9.52 Å². The third kappa shape index (κ3) is 2.61. The Balaban J connectivity index is 2.74. The highest BCUT2D eigenvalue weighted by molar-refractivity contribution is 5.66. The molecule has 0 bridgehead atoms. The van der Waals surface area contributed by atoms with Gasteiger partial charge in [0, 0.05) is 5.56 Å². The molecule has 0 atom stereocenters. The van der Waals surface area contributed by atoms with Gasteiger partial charge in [-0.15, -0.1) is 0 Å². The Labute approximate surface area is 123 Å². The van der Waals surface area contributed by atoms with Crippen molar-refractivity contribution in [3.05, 3.63) is 57.7 Å². The number of halogens is 3. The van der Waals surface area contributed by atoms with Crippen LogP contribution in [0.1, 0.15) is 5.56 Å². The Kier molecular flexibility index (Phi) is 3.82. The van der Waals surface area contributed by atoms with Crippen molar-refractivity contribution in [2.24, 2.45) is 0 Å². The van der Waals surface area contributed by atoms with Gasteiger partial charge in [0.1, 0.15) is 5.75 Å². The Hall–Kier alpha value is -2.95. The van der Waals surface area contributed by atoms with Crippen molar-refractivity contribution in [2.75, 3.05) is 13.0 Å². The van der Waals surface area contributed by atoms with E-state index in [0.29, 0.717) is 22.1 Å². The minimum atomic E-state index is -4.82. The Morgan fingerprint density at radius 1 is 1.27 bits per heavy atom. The van der Waals surface area contributed by atoms with Crippen molar-refractivity contribution in [3.63, 3.8) is 0 Å². The first kappa shape index (κ1) is 15.4. The molecule has 2 N–H and O–H groups in total. The lowest BCUT2D eigenvalue weighted by Crippen LogP contribution is -2.30. The van der Waals surface area contributed by atoms with Crippen molar-refractivity contribution in [1.82, 2.24) is 4.68 Å². The van der Waals surface area contributed by atoms with Crippen molar-refractivity contribution in [3.8, 4) is 17.0 Å². The number of hydrogen-bond donors (Lipinski definition) is 1. The molecule has 2 aromatic rings. The summed E-state index contributed by atoms with van der Waals surface area (Å²) < 4.78 is 44.5. The number of hydrogen-bond acceptors (Lipinski definition) is 3. The number of pyridine rings is 1. The largest absolute Gasteiger partial charge is 0.497 e. The number of alkyl halides is 3. The molecule has 1 aromatic heterocycles. The molecule has 8 heteroatoms. The topological polar surface area (TPSA) is 61.6 Å². The Bertz CT molecular complexity index is 802. The van der Waals surface area contributed by atoms with E-state index >= 15 is 0 Å². The van der Waals surface area contributed by atoms with Gasteiger partial charge in [0.2, 0.25) is 0 Å². The SMILES string of the molecule is [C-]#[N+]c1c(C(F)(F)F)cc(-c2ccc(OC)cc2)n(N)c1=O. The summed E-state index contributed by atoms with van der Waals surface area (Å²) in [6.07, 6.45) is -4.82. The van der Waals surface area contributed by atoms with Crippen molar-refractivity contribution >= 4 is 5.69 Å². The van der Waals surface area contributed by atoms with Crippen LogP contribution >= 0.6 is 0 Å². The molecule has 1 heterocycles. The van der Waals surface area contributed by atoms with E-state index in [9.17, 15) is 18.0 Å². The minimum Gasteiger partial charge on any atom is -0.497 e. The Morgan fingerprint density at radius 3 is 2.32 bits per heavy atom. The van der Waals surface area contributed by atoms with Gasteiger partial charge in [0.05, 0.1) is 24.9 Å². The van der Waals surface area contributed by atoms with E-state index in [-0.39, 0.29) is 5.69 Å². The van der Waals surface area contributed by atoms with Crippen LogP contribution in [-0.2, 0) is 6.18 Å². The third-order valence-electron chi connectivity index (χ3n) is 3.02. The summed E-state index contributed by atoms with van der Waals surface area (Å²) in [7, 11) is 1.44. The molecular formula is C14H10F3N3O2. The van der Waals surface area contributed by atoms with Crippen LogP contribution in [0.2, 0.25) is 0 Å². The van der Waals surface area contributed by atoms with Crippen LogP contribution in [0, 0.1) is 6.57 Å². The second kappa shape index (κ2) is 5.44. The number of nitrogens with zero attached hydrogens (tertiary/aromatic N) is 2. The predicted molar refractivity (Wildman–Crippen MR) is 74.1 cm³/mol. The van der Waals surface area contributed by atoms with Gasteiger partial charge < -0.3 is 10.6 Å². The lowest BCUT2D eigenvalue weighted by molar-refractivity contribution is -0.136. The fourth-order valence-electron chi connectivity index (χ4n) is 1.92. The maximum absolute atomic E-state index is 13.0. The molecule has 2 rings (SSSR count). The van der Waals surface area contributed by atoms with Gasteiger partial charge in [0.15, 0.2) is 0 Å². The Morgan fingerprint density at radius 2 is 1.86 bits per heavy atom. The molecule has 1 aromatic carbocycles. The van der Waals surface area contributed by atoms with Gasteiger partial charge in [-0.1, -0.05) is 0 Å². The summed E-state index contributed by atoms with van der Waals surface area (Å²) in [6.45, 7) is 6.77. The average molecular weight is 309 g/mol. The second-order valence-electron chi connectivity index (χ2n) is 4.31. The van der Waals surface area contributed by atoms with Crippen LogP contribution in [0.25, 0.3) is 16.1 Å². The third-order valence-corrected chi connectivity index (χ3v) is 3.02. The molecule has 0 unspecified atom stereocenters. The molecule has 0 aliphatic carbocycles. The number of benzene rings is 1. The van der Waals surface area contributed by atoms with Crippen LogP contribution < -0.4 is 16.1 Å². The average Bonchev–Trinajstić information content (AvgIpc) is 2.48. The highest BCUT2D eigenvalue weighted by Crippen LogP contribution is 2.36. The zero-order valence-corrected chi connectivity index (χ0v) is 11.3. The quantitative estimate of drug-likeness (QED) is 0.685. The first-order valence-corrected chi connectivity index (χ1v) is 5.93. The summed E-state index contributed by atoms with van der Waals surface area (Å²) in [5.74, 6) is 6.04. The van der Waals surface area contributed by atoms with E-state index < -0.39 is 23.0 Å². The highest BCUT2D eigenvalue weighted by Gasteiger charge is 2.36. The number of methoxy groups -OCH3 is 1. The lowest BCUT2D eigenvalue weighted by atomic mass is 10.1. The predicted octanol–water partition coefficient (Wildman–Crippen LogP) is 2.81.